The molecule has 3 rings (SSSR count). The van der Waals surface area contributed by atoms with E-state index in [9.17, 15) is 8.42 Å². The Bertz CT molecular complexity index is 982. The van der Waals surface area contributed by atoms with Crippen molar-refractivity contribution in [1.82, 2.24) is 0 Å². The summed E-state index contributed by atoms with van der Waals surface area (Å²) in [5.74, 6) is 0. The molecule has 134 valence electrons. The van der Waals surface area contributed by atoms with E-state index in [1.165, 1.54) is 5.56 Å². The molecule has 0 aliphatic carbocycles. The van der Waals surface area contributed by atoms with E-state index in [1.807, 2.05) is 50.2 Å². The van der Waals surface area contributed by atoms with Crippen LogP contribution in [-0.2, 0) is 16.6 Å². The highest BCUT2D eigenvalue weighted by atomic mass is 32.2. The molecule has 0 amide bonds. The summed E-state index contributed by atoms with van der Waals surface area (Å²) in [6.07, 6.45) is 0. The molecule has 4 nitrogen and oxygen atoms in total. The smallest absolute Gasteiger partial charge is 0.261 e. The lowest BCUT2D eigenvalue weighted by Crippen LogP contribution is -2.13. The third-order valence-corrected chi connectivity index (χ3v) is 5.64. The van der Waals surface area contributed by atoms with Crippen molar-refractivity contribution in [3.8, 4) is 0 Å². The van der Waals surface area contributed by atoms with Crippen molar-refractivity contribution >= 4 is 21.4 Å². The van der Waals surface area contributed by atoms with Crippen LogP contribution in [0.2, 0.25) is 0 Å². The quantitative estimate of drug-likeness (QED) is 0.664. The number of hydrogen-bond donors (Lipinski definition) is 2. The standard InChI is InChI=1S/C21H22N2O2S/c1-16-8-13-21(14-17(16)2)26(24,25)23-20-11-9-19(10-12-20)22-15-18-6-4-3-5-7-18/h3-14,22-23H,15H2,1-2H3. The molecule has 0 bridgehead atoms. The summed E-state index contributed by atoms with van der Waals surface area (Å²) in [5.41, 5.74) is 4.68. The second-order valence-corrected chi connectivity index (χ2v) is 7.95. The van der Waals surface area contributed by atoms with Crippen molar-refractivity contribution in [2.24, 2.45) is 0 Å². The van der Waals surface area contributed by atoms with E-state index in [2.05, 4.69) is 22.2 Å². The zero-order valence-electron chi connectivity index (χ0n) is 14.9. The summed E-state index contributed by atoms with van der Waals surface area (Å²) >= 11 is 0. The van der Waals surface area contributed by atoms with Crippen LogP contribution in [0.3, 0.4) is 0 Å². The summed E-state index contributed by atoms with van der Waals surface area (Å²) in [7, 11) is -3.59. The van der Waals surface area contributed by atoms with Gasteiger partial charge in [-0.3, -0.25) is 4.72 Å². The fourth-order valence-electron chi connectivity index (χ4n) is 2.55. The first-order chi connectivity index (χ1) is 12.4. The lowest BCUT2D eigenvalue weighted by Gasteiger charge is -2.11. The molecule has 0 aliphatic heterocycles. The van der Waals surface area contributed by atoms with Gasteiger partial charge in [0, 0.05) is 17.9 Å². The molecule has 0 aromatic heterocycles. The third kappa shape index (κ3) is 4.43. The van der Waals surface area contributed by atoms with Gasteiger partial charge in [0.1, 0.15) is 0 Å². The molecule has 0 radical (unpaired) electrons. The van der Waals surface area contributed by atoms with Crippen LogP contribution in [0.4, 0.5) is 11.4 Å². The molecule has 0 unspecified atom stereocenters. The van der Waals surface area contributed by atoms with Crippen molar-refractivity contribution in [3.63, 3.8) is 0 Å². The van der Waals surface area contributed by atoms with E-state index in [1.54, 1.807) is 24.3 Å². The highest BCUT2D eigenvalue weighted by Gasteiger charge is 2.14. The van der Waals surface area contributed by atoms with Crippen LogP contribution < -0.4 is 10.0 Å². The Morgan fingerprint density at radius 1 is 0.769 bits per heavy atom. The van der Waals surface area contributed by atoms with Crippen LogP contribution in [0.5, 0.6) is 0 Å². The van der Waals surface area contributed by atoms with Gasteiger partial charge in [-0.2, -0.15) is 0 Å². The largest absolute Gasteiger partial charge is 0.381 e. The molecule has 0 heterocycles. The van der Waals surface area contributed by atoms with E-state index in [4.69, 9.17) is 0 Å². The van der Waals surface area contributed by atoms with Crippen molar-refractivity contribution in [2.45, 2.75) is 25.3 Å². The zero-order valence-corrected chi connectivity index (χ0v) is 15.7. The summed E-state index contributed by atoms with van der Waals surface area (Å²) in [5, 5.41) is 3.32. The molecule has 3 aromatic rings. The minimum Gasteiger partial charge on any atom is -0.381 e. The molecular weight excluding hydrogens is 344 g/mol. The number of nitrogens with one attached hydrogen (secondary N) is 2. The van der Waals surface area contributed by atoms with E-state index < -0.39 is 10.0 Å². The van der Waals surface area contributed by atoms with Gasteiger partial charge in [-0.25, -0.2) is 8.42 Å². The molecule has 0 aliphatic rings. The molecule has 0 saturated carbocycles. The molecule has 5 heteroatoms. The van der Waals surface area contributed by atoms with Crippen LogP contribution in [-0.4, -0.2) is 8.42 Å². The first-order valence-electron chi connectivity index (χ1n) is 8.42. The number of sulfonamides is 1. The summed E-state index contributed by atoms with van der Waals surface area (Å²) < 4.78 is 27.7. The second kappa shape index (κ2) is 7.62. The van der Waals surface area contributed by atoms with Crippen molar-refractivity contribution < 1.29 is 8.42 Å². The normalized spacial score (nSPS) is 11.2. The van der Waals surface area contributed by atoms with Crippen molar-refractivity contribution in [1.29, 1.82) is 0 Å². The predicted octanol–water partition coefficient (Wildman–Crippen LogP) is 4.72. The number of hydrogen-bond acceptors (Lipinski definition) is 3. The minimum atomic E-state index is -3.59. The van der Waals surface area contributed by atoms with E-state index >= 15 is 0 Å². The first-order valence-corrected chi connectivity index (χ1v) is 9.90. The Morgan fingerprint density at radius 3 is 2.08 bits per heavy atom. The molecule has 26 heavy (non-hydrogen) atoms. The monoisotopic (exact) mass is 366 g/mol. The number of anilines is 2. The van der Waals surface area contributed by atoms with Gasteiger partial charge in [-0.15, -0.1) is 0 Å². The number of rotatable bonds is 6. The van der Waals surface area contributed by atoms with Gasteiger partial charge in [0.15, 0.2) is 0 Å². The average molecular weight is 366 g/mol. The average Bonchev–Trinajstić information content (AvgIpc) is 2.64. The molecule has 0 atom stereocenters. The second-order valence-electron chi connectivity index (χ2n) is 6.27. The van der Waals surface area contributed by atoms with E-state index in [-0.39, 0.29) is 4.90 Å². The van der Waals surface area contributed by atoms with Crippen LogP contribution in [0.1, 0.15) is 16.7 Å². The maximum Gasteiger partial charge on any atom is 0.261 e. The van der Waals surface area contributed by atoms with Crippen LogP contribution in [0.15, 0.2) is 77.7 Å². The topological polar surface area (TPSA) is 58.2 Å². The molecule has 0 saturated heterocycles. The number of aryl methyl sites for hydroxylation is 2. The molecule has 0 fully saturated rings. The van der Waals surface area contributed by atoms with Crippen molar-refractivity contribution in [2.75, 3.05) is 10.0 Å². The molecule has 3 aromatic carbocycles. The highest BCUT2D eigenvalue weighted by molar-refractivity contribution is 7.92. The minimum absolute atomic E-state index is 0.270. The van der Waals surface area contributed by atoms with Crippen molar-refractivity contribution in [3.05, 3.63) is 89.5 Å². The summed E-state index contributed by atoms with van der Waals surface area (Å²) in [4.78, 5) is 0.270. The van der Waals surface area contributed by atoms with Crippen LogP contribution in [0.25, 0.3) is 0 Å². The van der Waals surface area contributed by atoms with Gasteiger partial charge < -0.3 is 5.32 Å². The van der Waals surface area contributed by atoms with Gasteiger partial charge in [-0.1, -0.05) is 36.4 Å². The molecular formula is C21H22N2O2S. The lowest BCUT2D eigenvalue weighted by molar-refractivity contribution is 0.601. The van der Waals surface area contributed by atoms with Gasteiger partial charge in [0.2, 0.25) is 0 Å². The first kappa shape index (κ1) is 18.0. The van der Waals surface area contributed by atoms with Crippen LogP contribution in [0, 0.1) is 13.8 Å². The van der Waals surface area contributed by atoms with Gasteiger partial charge in [-0.05, 0) is 66.9 Å². The van der Waals surface area contributed by atoms with E-state index in [0.717, 1.165) is 16.8 Å². The Morgan fingerprint density at radius 2 is 1.42 bits per heavy atom. The molecule has 0 spiro atoms. The van der Waals surface area contributed by atoms with Crippen LogP contribution >= 0.6 is 0 Å². The number of benzene rings is 3. The van der Waals surface area contributed by atoms with Gasteiger partial charge in [0.25, 0.3) is 10.0 Å². The Hall–Kier alpha value is -2.79. The highest BCUT2D eigenvalue weighted by Crippen LogP contribution is 2.20. The fraction of sp³-hybridized carbons (Fsp3) is 0.143. The summed E-state index contributed by atoms with van der Waals surface area (Å²) in [6, 6.07) is 22.5. The Labute approximate surface area is 155 Å². The maximum atomic E-state index is 12.5. The Balaban J connectivity index is 1.67. The Kier molecular flexibility index (Phi) is 5.28. The fourth-order valence-corrected chi connectivity index (χ4v) is 3.69. The van der Waals surface area contributed by atoms with Gasteiger partial charge >= 0.3 is 0 Å². The van der Waals surface area contributed by atoms with E-state index in [0.29, 0.717) is 12.2 Å². The lowest BCUT2D eigenvalue weighted by atomic mass is 10.1. The SMILES string of the molecule is Cc1ccc(S(=O)(=O)Nc2ccc(NCc3ccccc3)cc2)cc1C. The molecule has 2 N–H and O–H groups in total. The third-order valence-electron chi connectivity index (χ3n) is 4.27. The maximum absolute atomic E-state index is 12.5. The predicted molar refractivity (Wildman–Crippen MR) is 107 cm³/mol. The van der Waals surface area contributed by atoms with Gasteiger partial charge in [0.05, 0.1) is 4.90 Å². The summed E-state index contributed by atoms with van der Waals surface area (Å²) in [6.45, 7) is 4.58. The zero-order chi connectivity index (χ0) is 18.6.